The van der Waals surface area contributed by atoms with Crippen LogP contribution in [0.3, 0.4) is 0 Å². The summed E-state index contributed by atoms with van der Waals surface area (Å²) >= 11 is 0. The Labute approximate surface area is 171 Å². The van der Waals surface area contributed by atoms with Crippen LogP contribution in [0.1, 0.15) is 19.8 Å². The first-order chi connectivity index (χ1) is 14.1. The smallest absolute Gasteiger partial charge is 0.123 e. The average Bonchev–Trinajstić information content (AvgIpc) is 3.29. The van der Waals surface area contributed by atoms with Gasteiger partial charge in [-0.2, -0.15) is 0 Å². The lowest BCUT2D eigenvalue weighted by Gasteiger charge is -2.10. The maximum Gasteiger partial charge on any atom is 0.123 e. The Hall–Kier alpha value is -2.72. The Morgan fingerprint density at radius 1 is 0.828 bits per heavy atom. The van der Waals surface area contributed by atoms with Crippen LogP contribution in [0.25, 0.3) is 22.3 Å². The molecule has 0 aromatic heterocycles. The number of rotatable bonds is 4. The monoisotopic (exact) mass is 395 g/mol. The second-order valence-electron chi connectivity index (χ2n) is 7.23. The second-order valence-corrected chi connectivity index (χ2v) is 7.23. The largest absolute Gasteiger partial charge is 0.497 e. The number of ether oxygens (including phenoxy) is 1. The Kier molecular flexibility index (Phi) is 7.36. The molecule has 1 unspecified atom stereocenters. The highest BCUT2D eigenvalue weighted by Gasteiger charge is 2.10. The van der Waals surface area contributed by atoms with Crippen LogP contribution < -0.4 is 10.1 Å². The molecule has 1 heterocycles. The zero-order valence-electron chi connectivity index (χ0n) is 16.9. The Bertz CT molecular complexity index is 837. The van der Waals surface area contributed by atoms with Crippen molar-refractivity contribution in [3.8, 4) is 28.0 Å². The highest BCUT2D eigenvalue weighted by Crippen LogP contribution is 2.31. The first-order valence-electron chi connectivity index (χ1n) is 10.0. The summed E-state index contributed by atoms with van der Waals surface area (Å²) in [6.45, 7) is 4.77. The van der Waals surface area contributed by atoms with E-state index in [0.29, 0.717) is 5.75 Å². The van der Waals surface area contributed by atoms with Gasteiger partial charge in [-0.15, -0.1) is 0 Å². The van der Waals surface area contributed by atoms with Crippen molar-refractivity contribution in [2.24, 2.45) is 5.92 Å². The molecule has 1 saturated heterocycles. The predicted octanol–water partition coefficient (Wildman–Crippen LogP) is 6.31. The standard InChI is InChI=1S/C19H14F2O.C6H13N/c1-22-19-11-15(13-2-6-17(20)7-3-13)10-16(12-19)14-4-8-18(21)9-5-14;1-2-6-3-4-7-5-6/h2-12H,1H3;6-7H,2-5H2,1H3. The molecule has 3 aromatic rings. The summed E-state index contributed by atoms with van der Waals surface area (Å²) in [7, 11) is 1.60. The van der Waals surface area contributed by atoms with E-state index in [-0.39, 0.29) is 11.6 Å². The van der Waals surface area contributed by atoms with Crippen molar-refractivity contribution in [3.63, 3.8) is 0 Å². The van der Waals surface area contributed by atoms with E-state index >= 15 is 0 Å². The van der Waals surface area contributed by atoms with Crippen LogP contribution in [-0.4, -0.2) is 20.2 Å². The molecule has 0 radical (unpaired) electrons. The molecule has 1 atom stereocenters. The molecular weight excluding hydrogens is 368 g/mol. The van der Waals surface area contributed by atoms with Crippen molar-refractivity contribution >= 4 is 0 Å². The SMILES string of the molecule is CCC1CCNC1.COc1cc(-c2ccc(F)cc2)cc(-c2ccc(F)cc2)c1. The molecule has 0 spiro atoms. The molecule has 0 amide bonds. The molecule has 4 rings (SSSR count). The van der Waals surface area contributed by atoms with Gasteiger partial charge in [-0.25, -0.2) is 8.78 Å². The lowest BCUT2D eigenvalue weighted by Crippen LogP contribution is -2.07. The van der Waals surface area contributed by atoms with Crippen molar-refractivity contribution in [2.75, 3.05) is 20.2 Å². The minimum Gasteiger partial charge on any atom is -0.497 e. The minimum absolute atomic E-state index is 0.273. The summed E-state index contributed by atoms with van der Waals surface area (Å²) in [4.78, 5) is 0. The van der Waals surface area contributed by atoms with Gasteiger partial charge in [0.05, 0.1) is 7.11 Å². The molecule has 1 N–H and O–H groups in total. The van der Waals surface area contributed by atoms with E-state index in [9.17, 15) is 8.78 Å². The van der Waals surface area contributed by atoms with Gasteiger partial charge in [-0.1, -0.05) is 37.6 Å². The number of hydrogen-bond acceptors (Lipinski definition) is 2. The van der Waals surface area contributed by atoms with Gasteiger partial charge in [0.2, 0.25) is 0 Å². The summed E-state index contributed by atoms with van der Waals surface area (Å²) < 4.78 is 31.5. The fourth-order valence-electron chi connectivity index (χ4n) is 3.40. The summed E-state index contributed by atoms with van der Waals surface area (Å²) in [5, 5.41) is 3.32. The summed E-state index contributed by atoms with van der Waals surface area (Å²) in [5.41, 5.74) is 3.62. The number of hydrogen-bond donors (Lipinski definition) is 1. The topological polar surface area (TPSA) is 21.3 Å². The number of halogens is 2. The van der Waals surface area contributed by atoms with Crippen molar-refractivity contribution in [1.29, 1.82) is 0 Å². The highest BCUT2D eigenvalue weighted by atomic mass is 19.1. The van der Waals surface area contributed by atoms with E-state index in [1.165, 1.54) is 50.2 Å². The molecule has 0 bridgehead atoms. The van der Waals surface area contributed by atoms with Gasteiger partial charge in [0.1, 0.15) is 17.4 Å². The van der Waals surface area contributed by atoms with Gasteiger partial charge in [0.15, 0.2) is 0 Å². The first kappa shape index (κ1) is 21.0. The third-order valence-corrected chi connectivity index (χ3v) is 5.24. The van der Waals surface area contributed by atoms with Crippen LogP contribution in [-0.2, 0) is 0 Å². The molecule has 3 aromatic carbocycles. The third kappa shape index (κ3) is 5.88. The van der Waals surface area contributed by atoms with Gasteiger partial charge < -0.3 is 10.1 Å². The zero-order valence-corrected chi connectivity index (χ0v) is 16.9. The van der Waals surface area contributed by atoms with Gasteiger partial charge in [0, 0.05) is 0 Å². The molecule has 2 nitrogen and oxygen atoms in total. The number of methoxy groups -OCH3 is 1. The average molecular weight is 395 g/mol. The van der Waals surface area contributed by atoms with Crippen LogP contribution in [0.4, 0.5) is 8.78 Å². The lowest BCUT2D eigenvalue weighted by molar-refractivity contribution is 0.415. The van der Waals surface area contributed by atoms with Crippen molar-refractivity contribution in [2.45, 2.75) is 19.8 Å². The van der Waals surface area contributed by atoms with E-state index in [0.717, 1.165) is 28.2 Å². The van der Waals surface area contributed by atoms with E-state index in [1.807, 2.05) is 18.2 Å². The molecule has 1 aliphatic rings. The van der Waals surface area contributed by atoms with Gasteiger partial charge in [0.25, 0.3) is 0 Å². The van der Waals surface area contributed by atoms with Crippen LogP contribution in [0.5, 0.6) is 5.75 Å². The van der Waals surface area contributed by atoms with Crippen LogP contribution >= 0.6 is 0 Å². The van der Waals surface area contributed by atoms with Crippen LogP contribution in [0.15, 0.2) is 66.7 Å². The van der Waals surface area contributed by atoms with E-state index in [4.69, 9.17) is 4.74 Å². The van der Waals surface area contributed by atoms with Crippen LogP contribution in [0, 0.1) is 17.6 Å². The molecule has 4 heteroatoms. The van der Waals surface area contributed by atoms with Gasteiger partial charge in [-0.3, -0.25) is 0 Å². The quantitative estimate of drug-likeness (QED) is 0.559. The predicted molar refractivity (Wildman–Crippen MR) is 115 cm³/mol. The summed E-state index contributed by atoms with van der Waals surface area (Å²) in [6, 6.07) is 18.3. The van der Waals surface area contributed by atoms with E-state index in [1.54, 1.807) is 31.4 Å². The van der Waals surface area contributed by atoms with Crippen LogP contribution in [0.2, 0.25) is 0 Å². The molecular formula is C25H27F2NO. The lowest BCUT2D eigenvalue weighted by atomic mass is 9.98. The molecule has 152 valence electrons. The van der Waals surface area contributed by atoms with Gasteiger partial charge in [-0.05, 0) is 90.1 Å². The fraction of sp³-hybridized carbons (Fsp3) is 0.280. The molecule has 29 heavy (non-hydrogen) atoms. The van der Waals surface area contributed by atoms with Gasteiger partial charge >= 0.3 is 0 Å². The highest BCUT2D eigenvalue weighted by molar-refractivity contribution is 5.75. The second kappa shape index (κ2) is 10.2. The molecule has 0 saturated carbocycles. The van der Waals surface area contributed by atoms with Crippen molar-refractivity contribution in [3.05, 3.63) is 78.4 Å². The number of benzene rings is 3. The maximum absolute atomic E-state index is 13.1. The molecule has 0 aliphatic carbocycles. The minimum atomic E-state index is -0.273. The number of nitrogens with one attached hydrogen (secondary N) is 1. The summed E-state index contributed by atoms with van der Waals surface area (Å²) in [5.74, 6) is 1.14. The third-order valence-electron chi connectivity index (χ3n) is 5.24. The van der Waals surface area contributed by atoms with Crippen molar-refractivity contribution < 1.29 is 13.5 Å². The summed E-state index contributed by atoms with van der Waals surface area (Å²) in [6.07, 6.45) is 2.75. The molecule has 1 fully saturated rings. The Morgan fingerprint density at radius 3 is 1.69 bits per heavy atom. The van der Waals surface area contributed by atoms with Crippen molar-refractivity contribution in [1.82, 2.24) is 5.32 Å². The van der Waals surface area contributed by atoms with E-state index < -0.39 is 0 Å². The maximum atomic E-state index is 13.1. The first-order valence-corrected chi connectivity index (χ1v) is 10.0. The Morgan fingerprint density at radius 2 is 1.34 bits per heavy atom. The molecule has 1 aliphatic heterocycles. The van der Waals surface area contributed by atoms with E-state index in [2.05, 4.69) is 12.2 Å². The fourth-order valence-corrected chi connectivity index (χ4v) is 3.40. The zero-order chi connectivity index (χ0) is 20.6. The normalized spacial score (nSPS) is 15.5. The Balaban J connectivity index is 0.000000290.